The number of carbonyl (C=O) groups is 1. The maximum atomic E-state index is 12.5. The highest BCUT2D eigenvalue weighted by Crippen LogP contribution is 2.28. The van der Waals surface area contributed by atoms with Crippen molar-refractivity contribution in [2.24, 2.45) is 0 Å². The zero-order valence-electron chi connectivity index (χ0n) is 13.4. The molecule has 24 heavy (non-hydrogen) atoms. The van der Waals surface area contributed by atoms with Crippen LogP contribution in [-0.4, -0.2) is 29.4 Å². The first-order valence-corrected chi connectivity index (χ1v) is 8.12. The third-order valence-electron chi connectivity index (χ3n) is 3.38. The summed E-state index contributed by atoms with van der Waals surface area (Å²) in [7, 11) is 1.66. The van der Waals surface area contributed by atoms with Crippen molar-refractivity contribution in [2.45, 2.75) is 13.5 Å². The molecule has 0 saturated heterocycles. The van der Waals surface area contributed by atoms with Crippen molar-refractivity contribution in [3.8, 4) is 5.75 Å². The third kappa shape index (κ3) is 4.32. The number of halogens is 1. The fourth-order valence-electron chi connectivity index (χ4n) is 2.23. The van der Waals surface area contributed by atoms with Crippen molar-refractivity contribution in [2.75, 3.05) is 13.7 Å². The largest absolute Gasteiger partial charge is 0.487 e. The number of hydrogen-bond acceptors (Lipinski definition) is 4. The van der Waals surface area contributed by atoms with Gasteiger partial charge in [-0.15, -0.1) is 0 Å². The normalized spacial score (nSPS) is 10.3. The molecule has 7 heteroatoms. The number of nitro groups is 1. The van der Waals surface area contributed by atoms with Gasteiger partial charge >= 0.3 is 5.69 Å². The van der Waals surface area contributed by atoms with Crippen LogP contribution in [0.4, 0.5) is 5.69 Å². The average molecular weight is 393 g/mol. The second-order valence-corrected chi connectivity index (χ2v) is 6.08. The Hall–Kier alpha value is -2.41. The minimum Gasteiger partial charge on any atom is -0.487 e. The Bertz CT molecular complexity index is 747. The molecule has 2 rings (SSSR count). The highest BCUT2D eigenvalue weighted by Gasteiger charge is 2.20. The minimum atomic E-state index is -0.545. The second kappa shape index (κ2) is 7.92. The van der Waals surface area contributed by atoms with Crippen molar-refractivity contribution in [3.05, 3.63) is 68.2 Å². The smallest absolute Gasteiger partial charge is 0.311 e. The number of benzene rings is 2. The van der Waals surface area contributed by atoms with Crippen LogP contribution < -0.4 is 4.74 Å². The fourth-order valence-corrected chi connectivity index (χ4v) is 2.49. The summed E-state index contributed by atoms with van der Waals surface area (Å²) < 4.78 is 6.19. The third-order valence-corrected chi connectivity index (χ3v) is 3.91. The van der Waals surface area contributed by atoms with Crippen LogP contribution in [0.25, 0.3) is 0 Å². The minimum absolute atomic E-state index is 0.162. The highest BCUT2D eigenvalue weighted by molar-refractivity contribution is 9.10. The molecule has 1 amide bonds. The second-order valence-electron chi connectivity index (χ2n) is 5.16. The van der Waals surface area contributed by atoms with Crippen molar-refractivity contribution >= 4 is 27.5 Å². The Morgan fingerprint density at radius 3 is 2.50 bits per heavy atom. The SMILES string of the molecule is CCOc1ccc(C(=O)N(C)Cc2ccc(Br)cc2)cc1[N+](=O)[O-]. The lowest BCUT2D eigenvalue weighted by atomic mass is 10.1. The molecule has 6 nitrogen and oxygen atoms in total. The average Bonchev–Trinajstić information content (AvgIpc) is 2.56. The molecule has 0 aromatic heterocycles. The molecule has 0 fully saturated rings. The molecule has 0 bridgehead atoms. The molecule has 0 saturated carbocycles. The number of nitrogens with zero attached hydrogens (tertiary/aromatic N) is 2. The molecule has 0 aliphatic carbocycles. The Morgan fingerprint density at radius 1 is 1.25 bits per heavy atom. The van der Waals surface area contributed by atoms with E-state index in [1.54, 1.807) is 20.0 Å². The van der Waals surface area contributed by atoms with E-state index < -0.39 is 4.92 Å². The predicted molar refractivity (Wildman–Crippen MR) is 94.2 cm³/mol. The van der Waals surface area contributed by atoms with E-state index in [0.29, 0.717) is 13.2 Å². The molecular weight excluding hydrogens is 376 g/mol. The number of rotatable bonds is 6. The van der Waals surface area contributed by atoms with Gasteiger partial charge < -0.3 is 9.64 Å². The van der Waals surface area contributed by atoms with Crippen molar-refractivity contribution in [3.63, 3.8) is 0 Å². The van der Waals surface area contributed by atoms with Crippen LogP contribution in [0.5, 0.6) is 5.75 Å². The molecule has 126 valence electrons. The summed E-state index contributed by atoms with van der Waals surface area (Å²) in [6, 6.07) is 11.9. The Morgan fingerprint density at radius 2 is 1.92 bits per heavy atom. The van der Waals surface area contributed by atoms with Crippen LogP contribution in [0.3, 0.4) is 0 Å². The summed E-state index contributed by atoms with van der Waals surface area (Å²) in [5.74, 6) is -0.126. The zero-order chi connectivity index (χ0) is 17.7. The number of hydrogen-bond donors (Lipinski definition) is 0. The van der Waals surface area contributed by atoms with E-state index in [4.69, 9.17) is 4.74 Å². The van der Waals surface area contributed by atoms with Crippen LogP contribution in [-0.2, 0) is 6.54 Å². The molecule has 0 atom stereocenters. The van der Waals surface area contributed by atoms with E-state index in [-0.39, 0.29) is 22.9 Å². The summed E-state index contributed by atoms with van der Waals surface area (Å²) in [5, 5.41) is 11.2. The molecule has 0 aliphatic rings. The first kappa shape index (κ1) is 17.9. The van der Waals surface area contributed by atoms with Crippen LogP contribution in [0, 0.1) is 10.1 Å². The highest BCUT2D eigenvalue weighted by atomic mass is 79.9. The standard InChI is InChI=1S/C17H17BrN2O4/c1-3-24-16-9-6-13(10-15(16)20(22)23)17(21)19(2)11-12-4-7-14(18)8-5-12/h4-10H,3,11H2,1-2H3. The number of carbonyl (C=O) groups excluding carboxylic acids is 1. The van der Waals surface area contributed by atoms with Gasteiger partial charge in [-0.05, 0) is 36.8 Å². The number of amides is 1. The Labute approximate surface area is 148 Å². The van der Waals surface area contributed by atoms with Gasteiger partial charge in [-0.3, -0.25) is 14.9 Å². The van der Waals surface area contributed by atoms with Gasteiger partial charge in [-0.1, -0.05) is 28.1 Å². The summed E-state index contributed by atoms with van der Waals surface area (Å²) in [4.78, 5) is 24.6. The molecule has 0 heterocycles. The van der Waals surface area contributed by atoms with Crippen LogP contribution >= 0.6 is 15.9 Å². The van der Waals surface area contributed by atoms with Gasteiger partial charge in [0.05, 0.1) is 11.5 Å². The Balaban J connectivity index is 2.20. The van der Waals surface area contributed by atoms with E-state index in [9.17, 15) is 14.9 Å². The van der Waals surface area contributed by atoms with E-state index in [1.807, 2.05) is 24.3 Å². The van der Waals surface area contributed by atoms with Gasteiger partial charge in [0.2, 0.25) is 0 Å². The maximum Gasteiger partial charge on any atom is 0.311 e. The van der Waals surface area contributed by atoms with Crippen molar-refractivity contribution < 1.29 is 14.5 Å². The Kier molecular flexibility index (Phi) is 5.92. The van der Waals surface area contributed by atoms with Gasteiger partial charge in [0.25, 0.3) is 5.91 Å². The summed E-state index contributed by atoms with van der Waals surface area (Å²) >= 11 is 3.36. The van der Waals surface area contributed by atoms with Gasteiger partial charge in [-0.2, -0.15) is 0 Å². The molecule has 0 unspecified atom stereocenters. The first-order chi connectivity index (χ1) is 11.4. The molecule has 0 aliphatic heterocycles. The van der Waals surface area contributed by atoms with Crippen LogP contribution in [0.2, 0.25) is 0 Å². The van der Waals surface area contributed by atoms with Gasteiger partial charge in [0.1, 0.15) is 0 Å². The van der Waals surface area contributed by atoms with Crippen molar-refractivity contribution in [1.29, 1.82) is 0 Å². The van der Waals surface area contributed by atoms with Crippen LogP contribution in [0.15, 0.2) is 46.9 Å². The zero-order valence-corrected chi connectivity index (χ0v) is 14.9. The molecule has 0 N–H and O–H groups in total. The topological polar surface area (TPSA) is 72.7 Å². The summed E-state index contributed by atoms with van der Waals surface area (Å²) in [6.45, 7) is 2.47. The molecule has 2 aromatic rings. The van der Waals surface area contributed by atoms with E-state index in [1.165, 1.54) is 17.0 Å². The molecule has 0 spiro atoms. The lowest BCUT2D eigenvalue weighted by Gasteiger charge is -2.17. The van der Waals surface area contributed by atoms with Gasteiger partial charge in [0.15, 0.2) is 5.75 Å². The number of ether oxygens (including phenoxy) is 1. The van der Waals surface area contributed by atoms with Gasteiger partial charge in [-0.25, -0.2) is 0 Å². The van der Waals surface area contributed by atoms with E-state index in [2.05, 4.69) is 15.9 Å². The molecule has 0 radical (unpaired) electrons. The maximum absolute atomic E-state index is 12.5. The van der Waals surface area contributed by atoms with Gasteiger partial charge in [0, 0.05) is 29.7 Å². The monoisotopic (exact) mass is 392 g/mol. The lowest BCUT2D eigenvalue weighted by molar-refractivity contribution is -0.385. The first-order valence-electron chi connectivity index (χ1n) is 7.33. The number of nitro benzene ring substituents is 1. The fraction of sp³-hybridized carbons (Fsp3) is 0.235. The molecular formula is C17H17BrN2O4. The van der Waals surface area contributed by atoms with Crippen molar-refractivity contribution in [1.82, 2.24) is 4.90 Å². The summed E-state index contributed by atoms with van der Waals surface area (Å²) in [5.41, 5.74) is 1.01. The summed E-state index contributed by atoms with van der Waals surface area (Å²) in [6.07, 6.45) is 0. The van der Waals surface area contributed by atoms with E-state index >= 15 is 0 Å². The quantitative estimate of drug-likeness (QED) is 0.549. The predicted octanol–water partition coefficient (Wildman–Crippen LogP) is 4.03. The lowest BCUT2D eigenvalue weighted by Crippen LogP contribution is -2.26. The van der Waals surface area contributed by atoms with Crippen LogP contribution in [0.1, 0.15) is 22.8 Å². The van der Waals surface area contributed by atoms with E-state index in [0.717, 1.165) is 10.0 Å². The molecule has 2 aromatic carbocycles.